The summed E-state index contributed by atoms with van der Waals surface area (Å²) in [6, 6.07) is 4.71. The second-order valence-electron chi connectivity index (χ2n) is 5.29. The third kappa shape index (κ3) is 3.38. The number of carbonyl (C=O) groups excluding carboxylic acids is 2. The van der Waals surface area contributed by atoms with Crippen LogP contribution in [0.25, 0.3) is 0 Å². The van der Waals surface area contributed by atoms with E-state index >= 15 is 0 Å². The number of sulfonamides is 1. The molecule has 0 aromatic heterocycles. The lowest BCUT2D eigenvalue weighted by atomic mass is 10.1. The van der Waals surface area contributed by atoms with E-state index in [4.69, 9.17) is 4.74 Å². The molecule has 22 heavy (non-hydrogen) atoms. The topological polar surface area (TPSA) is 84.0 Å². The standard InChI is InChI=1S/C14H18N2O5S/c1-15(2)13(17)9-21-14(18)11-4-5-12-10(8-11)6-7-16(12)22(3,19)20/h4-5,8H,6-7,9H2,1-3H3. The van der Waals surface area contributed by atoms with Gasteiger partial charge in [-0.2, -0.15) is 0 Å². The summed E-state index contributed by atoms with van der Waals surface area (Å²) in [5, 5.41) is 0. The van der Waals surface area contributed by atoms with Crippen molar-refractivity contribution in [3.8, 4) is 0 Å². The third-order valence-corrected chi connectivity index (χ3v) is 4.57. The van der Waals surface area contributed by atoms with Gasteiger partial charge in [0.05, 0.1) is 17.5 Å². The van der Waals surface area contributed by atoms with Gasteiger partial charge in [-0.1, -0.05) is 0 Å². The van der Waals surface area contributed by atoms with E-state index in [1.807, 2.05) is 0 Å². The fourth-order valence-electron chi connectivity index (χ4n) is 2.18. The number of rotatable bonds is 4. The van der Waals surface area contributed by atoms with Crippen LogP contribution in [0.4, 0.5) is 5.69 Å². The summed E-state index contributed by atoms with van der Waals surface area (Å²) in [5.74, 6) is -0.909. The van der Waals surface area contributed by atoms with Crippen LogP contribution in [0.3, 0.4) is 0 Å². The van der Waals surface area contributed by atoms with Gasteiger partial charge in [0.1, 0.15) is 0 Å². The van der Waals surface area contributed by atoms with Gasteiger partial charge in [-0.15, -0.1) is 0 Å². The number of anilines is 1. The molecule has 2 rings (SSSR count). The van der Waals surface area contributed by atoms with Gasteiger partial charge in [0.15, 0.2) is 6.61 Å². The first-order valence-electron chi connectivity index (χ1n) is 6.68. The number of hydrogen-bond donors (Lipinski definition) is 0. The minimum Gasteiger partial charge on any atom is -0.452 e. The van der Waals surface area contributed by atoms with Gasteiger partial charge in [-0.25, -0.2) is 13.2 Å². The maximum atomic E-state index is 11.9. The number of benzene rings is 1. The molecule has 0 aliphatic carbocycles. The molecule has 0 spiro atoms. The van der Waals surface area contributed by atoms with Crippen molar-refractivity contribution in [2.45, 2.75) is 6.42 Å². The van der Waals surface area contributed by atoms with Gasteiger partial charge >= 0.3 is 5.97 Å². The molecule has 1 amide bonds. The summed E-state index contributed by atoms with van der Waals surface area (Å²) in [6.45, 7) is 0.0458. The second kappa shape index (κ2) is 5.96. The van der Waals surface area contributed by atoms with Crippen molar-refractivity contribution in [2.24, 2.45) is 0 Å². The molecule has 0 atom stereocenters. The number of amides is 1. The summed E-state index contributed by atoms with van der Waals surface area (Å²) in [7, 11) is -0.164. The van der Waals surface area contributed by atoms with Gasteiger partial charge in [0.25, 0.3) is 5.91 Å². The van der Waals surface area contributed by atoms with Crippen molar-refractivity contribution in [3.05, 3.63) is 29.3 Å². The molecule has 0 radical (unpaired) electrons. The van der Waals surface area contributed by atoms with Crippen LogP contribution in [0, 0.1) is 0 Å². The van der Waals surface area contributed by atoms with Crippen LogP contribution in [0.15, 0.2) is 18.2 Å². The molecular weight excluding hydrogens is 308 g/mol. The highest BCUT2D eigenvalue weighted by molar-refractivity contribution is 7.92. The zero-order valence-electron chi connectivity index (χ0n) is 12.7. The number of hydrogen-bond acceptors (Lipinski definition) is 5. The molecule has 7 nitrogen and oxygen atoms in total. The van der Waals surface area contributed by atoms with E-state index in [2.05, 4.69) is 0 Å². The van der Waals surface area contributed by atoms with Crippen LogP contribution in [0.2, 0.25) is 0 Å². The Morgan fingerprint density at radius 3 is 2.59 bits per heavy atom. The molecule has 120 valence electrons. The molecule has 0 saturated carbocycles. The van der Waals surface area contributed by atoms with Crippen LogP contribution in [0.5, 0.6) is 0 Å². The van der Waals surface area contributed by atoms with E-state index < -0.39 is 16.0 Å². The quantitative estimate of drug-likeness (QED) is 0.741. The number of nitrogens with zero attached hydrogens (tertiary/aromatic N) is 2. The minimum atomic E-state index is -3.31. The van der Waals surface area contributed by atoms with Gasteiger partial charge in [0.2, 0.25) is 10.0 Å². The average molecular weight is 326 g/mol. The van der Waals surface area contributed by atoms with Crippen LogP contribution < -0.4 is 4.31 Å². The lowest BCUT2D eigenvalue weighted by Crippen LogP contribution is -2.27. The first kappa shape index (κ1) is 16.3. The van der Waals surface area contributed by atoms with Gasteiger partial charge < -0.3 is 9.64 Å². The highest BCUT2D eigenvalue weighted by Crippen LogP contribution is 2.30. The van der Waals surface area contributed by atoms with Crippen LogP contribution in [-0.4, -0.2) is 58.7 Å². The first-order valence-corrected chi connectivity index (χ1v) is 8.53. The van der Waals surface area contributed by atoms with E-state index in [9.17, 15) is 18.0 Å². The highest BCUT2D eigenvalue weighted by atomic mass is 32.2. The second-order valence-corrected chi connectivity index (χ2v) is 7.20. The molecule has 0 fully saturated rings. The summed E-state index contributed by atoms with van der Waals surface area (Å²) < 4.78 is 29.6. The molecule has 0 unspecified atom stereocenters. The van der Waals surface area contributed by atoms with E-state index in [0.29, 0.717) is 24.2 Å². The molecule has 1 aromatic carbocycles. The van der Waals surface area contributed by atoms with E-state index in [1.54, 1.807) is 26.2 Å². The van der Waals surface area contributed by atoms with Crippen molar-refractivity contribution in [3.63, 3.8) is 0 Å². The summed E-state index contributed by atoms with van der Waals surface area (Å²) in [5.41, 5.74) is 1.67. The third-order valence-electron chi connectivity index (χ3n) is 3.39. The zero-order valence-corrected chi connectivity index (χ0v) is 13.5. The zero-order chi connectivity index (χ0) is 16.5. The Morgan fingerprint density at radius 2 is 2.00 bits per heavy atom. The molecular formula is C14H18N2O5S. The predicted octanol–water partition coefficient (Wildman–Crippen LogP) is 0.254. The summed E-state index contributed by atoms with van der Waals surface area (Å²) in [6.07, 6.45) is 1.69. The van der Waals surface area contributed by atoms with Crippen LogP contribution >= 0.6 is 0 Å². The van der Waals surface area contributed by atoms with Gasteiger partial charge in [-0.3, -0.25) is 9.10 Å². The molecule has 0 saturated heterocycles. The van der Waals surface area contributed by atoms with Crippen LogP contribution in [-0.2, 0) is 26.0 Å². The number of fused-ring (bicyclic) bond motifs is 1. The highest BCUT2D eigenvalue weighted by Gasteiger charge is 2.27. The van der Waals surface area contributed by atoms with Crippen molar-refractivity contribution in [2.75, 3.05) is 37.8 Å². The Morgan fingerprint density at radius 1 is 1.32 bits per heavy atom. The van der Waals surface area contributed by atoms with Crippen molar-refractivity contribution in [1.82, 2.24) is 4.90 Å². The fourth-order valence-corrected chi connectivity index (χ4v) is 3.14. The maximum Gasteiger partial charge on any atom is 0.338 e. The lowest BCUT2D eigenvalue weighted by Gasteiger charge is -2.16. The van der Waals surface area contributed by atoms with E-state index in [0.717, 1.165) is 11.8 Å². The molecule has 0 N–H and O–H groups in total. The smallest absolute Gasteiger partial charge is 0.338 e. The Bertz CT molecular complexity index is 712. The molecule has 0 bridgehead atoms. The van der Waals surface area contributed by atoms with Crippen molar-refractivity contribution >= 4 is 27.6 Å². The van der Waals surface area contributed by atoms with E-state index in [-0.39, 0.29) is 12.5 Å². The summed E-state index contributed by atoms with van der Waals surface area (Å²) >= 11 is 0. The first-order chi connectivity index (χ1) is 10.2. The van der Waals surface area contributed by atoms with Crippen molar-refractivity contribution in [1.29, 1.82) is 0 Å². The van der Waals surface area contributed by atoms with Crippen molar-refractivity contribution < 1.29 is 22.7 Å². The molecule has 1 aliphatic heterocycles. The largest absolute Gasteiger partial charge is 0.452 e. The maximum absolute atomic E-state index is 11.9. The Kier molecular flexibility index (Phi) is 4.41. The molecule has 8 heteroatoms. The molecule has 1 heterocycles. The lowest BCUT2D eigenvalue weighted by molar-refractivity contribution is -0.131. The summed E-state index contributed by atoms with van der Waals surface area (Å²) in [4.78, 5) is 24.7. The number of esters is 1. The number of carbonyl (C=O) groups is 2. The fraction of sp³-hybridized carbons (Fsp3) is 0.429. The monoisotopic (exact) mass is 326 g/mol. The van der Waals surface area contributed by atoms with Gasteiger partial charge in [0, 0.05) is 20.6 Å². The average Bonchev–Trinajstić information content (AvgIpc) is 2.86. The minimum absolute atomic E-state index is 0.306. The Balaban J connectivity index is 2.13. The predicted molar refractivity (Wildman–Crippen MR) is 81.3 cm³/mol. The van der Waals surface area contributed by atoms with Gasteiger partial charge in [-0.05, 0) is 30.2 Å². The Labute approximate surface area is 129 Å². The number of likely N-dealkylation sites (N-methyl/N-ethyl adjacent to an activating group) is 1. The Hall–Kier alpha value is -2.09. The van der Waals surface area contributed by atoms with Crippen LogP contribution in [0.1, 0.15) is 15.9 Å². The normalized spacial score (nSPS) is 13.7. The molecule has 1 aliphatic rings. The van der Waals surface area contributed by atoms with E-state index in [1.165, 1.54) is 15.3 Å². The number of ether oxygens (including phenoxy) is 1. The SMILES string of the molecule is CN(C)C(=O)COC(=O)c1ccc2c(c1)CCN2S(C)(=O)=O. The molecule has 1 aromatic rings.